The Labute approximate surface area is 122 Å². The van der Waals surface area contributed by atoms with E-state index in [0.717, 1.165) is 30.9 Å². The molecule has 0 unspecified atom stereocenters. The van der Waals surface area contributed by atoms with Crippen molar-refractivity contribution in [2.45, 2.75) is 65.2 Å². The number of carboxylic acids is 1. The first-order chi connectivity index (χ1) is 9.52. The predicted molar refractivity (Wildman–Crippen MR) is 81.6 cm³/mol. The van der Waals surface area contributed by atoms with Crippen molar-refractivity contribution >= 4 is 11.9 Å². The van der Waals surface area contributed by atoms with Gasteiger partial charge in [0.2, 0.25) is 5.91 Å². The van der Waals surface area contributed by atoms with Crippen LogP contribution in [0.5, 0.6) is 0 Å². The van der Waals surface area contributed by atoms with Gasteiger partial charge in [-0.15, -0.1) is 0 Å². The zero-order chi connectivity index (χ0) is 15.2. The minimum absolute atomic E-state index is 0.332. The molecule has 1 amide bonds. The Bertz CT molecular complexity index is 298. The lowest BCUT2D eigenvalue weighted by atomic mass is 10.0. The highest BCUT2D eigenvalue weighted by Gasteiger charge is 1.97. The van der Waals surface area contributed by atoms with Gasteiger partial charge in [-0.05, 0) is 12.3 Å². The molecule has 0 radical (unpaired) electrons. The van der Waals surface area contributed by atoms with Gasteiger partial charge in [0.15, 0.2) is 0 Å². The smallest absolute Gasteiger partial charge is 0.328 e. The van der Waals surface area contributed by atoms with Gasteiger partial charge < -0.3 is 10.4 Å². The van der Waals surface area contributed by atoms with Gasteiger partial charge >= 0.3 is 5.97 Å². The van der Waals surface area contributed by atoms with E-state index in [1.54, 1.807) is 0 Å². The highest BCUT2D eigenvalue weighted by molar-refractivity contribution is 5.93. The fourth-order valence-corrected chi connectivity index (χ4v) is 1.98. The summed E-state index contributed by atoms with van der Waals surface area (Å²) in [4.78, 5) is 21.3. The first kappa shape index (κ1) is 18.7. The van der Waals surface area contributed by atoms with Crippen molar-refractivity contribution < 1.29 is 14.7 Å². The molecule has 0 heterocycles. The van der Waals surface area contributed by atoms with Crippen LogP contribution in [-0.4, -0.2) is 23.5 Å². The zero-order valence-electron chi connectivity index (χ0n) is 12.9. The zero-order valence-corrected chi connectivity index (χ0v) is 12.9. The number of hydrogen-bond donors (Lipinski definition) is 2. The van der Waals surface area contributed by atoms with Gasteiger partial charge in [0.1, 0.15) is 0 Å². The van der Waals surface area contributed by atoms with E-state index in [1.165, 1.54) is 38.5 Å². The van der Waals surface area contributed by atoms with Gasteiger partial charge in [0.25, 0.3) is 0 Å². The van der Waals surface area contributed by atoms with Gasteiger partial charge in [-0.25, -0.2) is 4.79 Å². The Morgan fingerprint density at radius 1 is 0.950 bits per heavy atom. The molecule has 2 N–H and O–H groups in total. The molecule has 4 nitrogen and oxygen atoms in total. The molecule has 0 rings (SSSR count). The number of aliphatic carboxylic acids is 1. The van der Waals surface area contributed by atoms with Crippen LogP contribution in [0.2, 0.25) is 0 Å². The number of carboxylic acid groups (broad SMARTS) is 1. The second kappa shape index (κ2) is 12.7. The fraction of sp³-hybridized carbons (Fsp3) is 0.750. The summed E-state index contributed by atoms with van der Waals surface area (Å²) in [6, 6.07) is 0. The van der Waals surface area contributed by atoms with Crippen LogP contribution in [-0.2, 0) is 9.59 Å². The molecule has 4 heteroatoms. The second-order valence-corrected chi connectivity index (χ2v) is 5.62. The lowest BCUT2D eigenvalue weighted by Gasteiger charge is -2.05. The van der Waals surface area contributed by atoms with E-state index >= 15 is 0 Å². The van der Waals surface area contributed by atoms with Crippen molar-refractivity contribution in [3.63, 3.8) is 0 Å². The first-order valence-corrected chi connectivity index (χ1v) is 7.71. The van der Waals surface area contributed by atoms with Crippen LogP contribution in [0.1, 0.15) is 65.2 Å². The lowest BCUT2D eigenvalue weighted by molar-refractivity contribution is -0.131. The maximum absolute atomic E-state index is 11.1. The topological polar surface area (TPSA) is 66.4 Å². The highest BCUT2D eigenvalue weighted by Crippen LogP contribution is 2.11. The summed E-state index contributed by atoms with van der Waals surface area (Å²) in [5, 5.41) is 11.0. The summed E-state index contributed by atoms with van der Waals surface area (Å²) in [7, 11) is 0. The van der Waals surface area contributed by atoms with Crippen LogP contribution < -0.4 is 5.32 Å². The largest absolute Gasteiger partial charge is 0.478 e. The van der Waals surface area contributed by atoms with Crippen molar-refractivity contribution in [2.75, 3.05) is 6.54 Å². The van der Waals surface area contributed by atoms with Crippen molar-refractivity contribution in [1.82, 2.24) is 5.32 Å². The molecule has 0 spiro atoms. The molecule has 0 saturated heterocycles. The van der Waals surface area contributed by atoms with E-state index in [4.69, 9.17) is 5.11 Å². The van der Waals surface area contributed by atoms with E-state index in [0.29, 0.717) is 6.54 Å². The first-order valence-electron chi connectivity index (χ1n) is 7.71. The summed E-state index contributed by atoms with van der Waals surface area (Å²) in [6.07, 6.45) is 11.8. The minimum atomic E-state index is -1.10. The molecule has 0 aliphatic carbocycles. The molecule has 0 aromatic carbocycles. The Morgan fingerprint density at radius 3 is 2.05 bits per heavy atom. The van der Waals surface area contributed by atoms with E-state index in [2.05, 4.69) is 19.2 Å². The van der Waals surface area contributed by atoms with Gasteiger partial charge in [0, 0.05) is 18.7 Å². The average molecular weight is 283 g/mol. The number of hydrogen-bond acceptors (Lipinski definition) is 2. The predicted octanol–water partition coefficient (Wildman–Crippen LogP) is 3.52. The molecule has 0 aromatic heterocycles. The molecule has 0 aliphatic rings. The van der Waals surface area contributed by atoms with Crippen molar-refractivity contribution in [3.05, 3.63) is 12.2 Å². The SMILES string of the molecule is CC(C)CCCCCCCCCNC(=O)C=CC(=O)O. The van der Waals surface area contributed by atoms with E-state index in [-0.39, 0.29) is 5.91 Å². The number of carbonyl (C=O) groups excluding carboxylic acids is 1. The molecule has 20 heavy (non-hydrogen) atoms. The number of amides is 1. The normalized spacial score (nSPS) is 11.2. The molecule has 116 valence electrons. The molecule has 0 atom stereocenters. The second-order valence-electron chi connectivity index (χ2n) is 5.62. The summed E-state index contributed by atoms with van der Waals surface area (Å²) in [6.45, 7) is 5.15. The van der Waals surface area contributed by atoms with Gasteiger partial charge in [-0.2, -0.15) is 0 Å². The van der Waals surface area contributed by atoms with Crippen LogP contribution in [0.3, 0.4) is 0 Å². The number of carbonyl (C=O) groups is 2. The third-order valence-corrected chi connectivity index (χ3v) is 3.13. The standard InChI is InChI=1S/C16H29NO3/c1-14(2)10-8-6-4-3-5-7-9-13-17-15(18)11-12-16(19)20/h11-12,14H,3-10,13H2,1-2H3,(H,17,18)(H,19,20). The number of unbranched alkanes of at least 4 members (excludes halogenated alkanes) is 6. The van der Waals surface area contributed by atoms with Gasteiger partial charge in [-0.1, -0.05) is 58.8 Å². The van der Waals surface area contributed by atoms with E-state index in [9.17, 15) is 9.59 Å². The van der Waals surface area contributed by atoms with Crippen LogP contribution in [0, 0.1) is 5.92 Å². The van der Waals surface area contributed by atoms with Gasteiger partial charge in [-0.3, -0.25) is 4.79 Å². The Kier molecular flexibility index (Phi) is 11.9. The quantitative estimate of drug-likeness (QED) is 0.425. The molecule has 0 aliphatic heterocycles. The lowest BCUT2D eigenvalue weighted by Crippen LogP contribution is -2.22. The van der Waals surface area contributed by atoms with Crippen LogP contribution in [0.15, 0.2) is 12.2 Å². The number of rotatable bonds is 12. The fourth-order valence-electron chi connectivity index (χ4n) is 1.98. The van der Waals surface area contributed by atoms with E-state index in [1.807, 2.05) is 0 Å². The third-order valence-electron chi connectivity index (χ3n) is 3.13. The average Bonchev–Trinajstić information content (AvgIpc) is 2.38. The molecule has 0 aromatic rings. The molecular weight excluding hydrogens is 254 g/mol. The summed E-state index contributed by atoms with van der Waals surface area (Å²) < 4.78 is 0. The van der Waals surface area contributed by atoms with Crippen LogP contribution >= 0.6 is 0 Å². The van der Waals surface area contributed by atoms with Crippen LogP contribution in [0.25, 0.3) is 0 Å². The van der Waals surface area contributed by atoms with Crippen molar-refractivity contribution in [3.8, 4) is 0 Å². The maximum atomic E-state index is 11.1. The maximum Gasteiger partial charge on any atom is 0.328 e. The van der Waals surface area contributed by atoms with Crippen molar-refractivity contribution in [1.29, 1.82) is 0 Å². The monoisotopic (exact) mass is 283 g/mol. The Balaban J connectivity index is 3.24. The van der Waals surface area contributed by atoms with Crippen LogP contribution in [0.4, 0.5) is 0 Å². The molecular formula is C16H29NO3. The molecule has 0 bridgehead atoms. The number of nitrogens with one attached hydrogen (secondary N) is 1. The molecule has 0 saturated carbocycles. The summed E-state index contributed by atoms with van der Waals surface area (Å²) in [5.74, 6) is -0.618. The Hall–Kier alpha value is -1.32. The van der Waals surface area contributed by atoms with E-state index < -0.39 is 5.97 Å². The Morgan fingerprint density at radius 2 is 1.50 bits per heavy atom. The van der Waals surface area contributed by atoms with Crippen molar-refractivity contribution in [2.24, 2.45) is 5.92 Å². The summed E-state index contributed by atoms with van der Waals surface area (Å²) >= 11 is 0. The third kappa shape index (κ3) is 14.7. The highest BCUT2D eigenvalue weighted by atomic mass is 16.4. The summed E-state index contributed by atoms with van der Waals surface area (Å²) in [5.41, 5.74) is 0. The molecule has 0 fully saturated rings. The van der Waals surface area contributed by atoms with Gasteiger partial charge in [0.05, 0.1) is 0 Å². The minimum Gasteiger partial charge on any atom is -0.478 e.